The molecule has 90 valence electrons. The van der Waals surface area contributed by atoms with Crippen molar-refractivity contribution in [3.63, 3.8) is 0 Å². The Morgan fingerprint density at radius 3 is 2.78 bits per heavy atom. The SMILES string of the molecule is Cc1ccnc(-n2cc(C(=O)O)c(C)n2)c1C#N. The van der Waals surface area contributed by atoms with Crippen LogP contribution in [-0.4, -0.2) is 25.8 Å². The van der Waals surface area contributed by atoms with Gasteiger partial charge < -0.3 is 5.11 Å². The smallest absolute Gasteiger partial charge is 0.339 e. The van der Waals surface area contributed by atoms with Gasteiger partial charge in [-0.15, -0.1) is 0 Å². The van der Waals surface area contributed by atoms with E-state index in [2.05, 4.69) is 10.1 Å². The van der Waals surface area contributed by atoms with E-state index in [0.29, 0.717) is 17.1 Å². The summed E-state index contributed by atoms with van der Waals surface area (Å²) >= 11 is 0. The number of aromatic nitrogens is 3. The number of nitriles is 1. The van der Waals surface area contributed by atoms with E-state index >= 15 is 0 Å². The van der Waals surface area contributed by atoms with Gasteiger partial charge in [0.15, 0.2) is 5.82 Å². The number of carbonyl (C=O) groups is 1. The van der Waals surface area contributed by atoms with E-state index < -0.39 is 5.97 Å². The standard InChI is InChI=1S/C12H10N4O2/c1-7-3-4-14-11(9(7)5-13)16-6-10(12(17)18)8(2)15-16/h3-4,6H,1-2H3,(H,17,18). The van der Waals surface area contributed by atoms with Crippen LogP contribution in [0, 0.1) is 25.2 Å². The molecule has 0 atom stereocenters. The van der Waals surface area contributed by atoms with Crippen molar-refractivity contribution in [3.05, 3.63) is 40.8 Å². The molecule has 0 aliphatic rings. The van der Waals surface area contributed by atoms with E-state index in [4.69, 9.17) is 10.4 Å². The second-order valence-electron chi connectivity index (χ2n) is 3.82. The Labute approximate surface area is 103 Å². The Balaban J connectivity index is 2.64. The number of hydrogen-bond acceptors (Lipinski definition) is 4. The Morgan fingerprint density at radius 1 is 1.50 bits per heavy atom. The average molecular weight is 242 g/mol. The zero-order valence-electron chi connectivity index (χ0n) is 9.88. The maximum atomic E-state index is 10.9. The molecule has 2 heterocycles. The van der Waals surface area contributed by atoms with Crippen molar-refractivity contribution in [1.82, 2.24) is 14.8 Å². The zero-order valence-corrected chi connectivity index (χ0v) is 9.88. The van der Waals surface area contributed by atoms with Crippen molar-refractivity contribution < 1.29 is 9.90 Å². The van der Waals surface area contributed by atoms with Crippen LogP contribution in [0.25, 0.3) is 5.82 Å². The molecule has 0 unspecified atom stereocenters. The van der Waals surface area contributed by atoms with E-state index in [-0.39, 0.29) is 5.56 Å². The summed E-state index contributed by atoms with van der Waals surface area (Å²) in [6, 6.07) is 3.77. The predicted octanol–water partition coefficient (Wildman–Crippen LogP) is 1.45. The Hall–Kier alpha value is -2.68. The molecule has 6 heteroatoms. The molecular formula is C12H10N4O2. The van der Waals surface area contributed by atoms with Gasteiger partial charge in [-0.1, -0.05) is 0 Å². The lowest BCUT2D eigenvalue weighted by atomic mass is 10.1. The first-order chi connectivity index (χ1) is 8.54. The average Bonchev–Trinajstić information content (AvgIpc) is 2.71. The van der Waals surface area contributed by atoms with Crippen molar-refractivity contribution >= 4 is 5.97 Å². The summed E-state index contributed by atoms with van der Waals surface area (Å²) in [5.74, 6) is -0.710. The maximum Gasteiger partial charge on any atom is 0.339 e. The highest BCUT2D eigenvalue weighted by Gasteiger charge is 2.15. The van der Waals surface area contributed by atoms with Gasteiger partial charge in [0.05, 0.1) is 11.3 Å². The summed E-state index contributed by atoms with van der Waals surface area (Å²) in [4.78, 5) is 15.0. The van der Waals surface area contributed by atoms with Crippen molar-refractivity contribution in [2.45, 2.75) is 13.8 Å². The Morgan fingerprint density at radius 2 is 2.22 bits per heavy atom. The molecule has 0 aliphatic carbocycles. The van der Waals surface area contributed by atoms with Crippen LogP contribution in [0.3, 0.4) is 0 Å². The van der Waals surface area contributed by atoms with Crippen molar-refractivity contribution in [3.8, 4) is 11.9 Å². The lowest BCUT2D eigenvalue weighted by molar-refractivity contribution is 0.0696. The third kappa shape index (κ3) is 1.82. The van der Waals surface area contributed by atoms with Gasteiger partial charge >= 0.3 is 5.97 Å². The monoisotopic (exact) mass is 242 g/mol. The molecule has 0 fully saturated rings. The fourth-order valence-corrected chi connectivity index (χ4v) is 1.63. The fourth-order valence-electron chi connectivity index (χ4n) is 1.63. The molecule has 0 saturated heterocycles. The number of carboxylic acid groups (broad SMARTS) is 1. The van der Waals surface area contributed by atoms with Gasteiger partial charge in [0.25, 0.3) is 0 Å². The summed E-state index contributed by atoms with van der Waals surface area (Å²) in [5, 5.41) is 22.1. The van der Waals surface area contributed by atoms with Crippen LogP contribution in [0.4, 0.5) is 0 Å². The van der Waals surface area contributed by atoms with Gasteiger partial charge in [0.2, 0.25) is 0 Å². The first-order valence-corrected chi connectivity index (χ1v) is 5.20. The van der Waals surface area contributed by atoms with Crippen LogP contribution >= 0.6 is 0 Å². The van der Waals surface area contributed by atoms with Crippen molar-refractivity contribution in [2.75, 3.05) is 0 Å². The van der Waals surface area contributed by atoms with Crippen LogP contribution in [0.5, 0.6) is 0 Å². The summed E-state index contributed by atoms with van der Waals surface area (Å²) in [6.45, 7) is 3.39. The summed E-state index contributed by atoms with van der Waals surface area (Å²) < 4.78 is 1.32. The van der Waals surface area contributed by atoms with Crippen LogP contribution < -0.4 is 0 Å². The number of pyridine rings is 1. The largest absolute Gasteiger partial charge is 0.478 e. The molecule has 2 aromatic heterocycles. The minimum atomic E-state index is -1.05. The molecule has 18 heavy (non-hydrogen) atoms. The normalized spacial score (nSPS) is 10.1. The Bertz CT molecular complexity index is 667. The molecule has 0 bridgehead atoms. The third-order valence-electron chi connectivity index (χ3n) is 2.60. The lowest BCUT2D eigenvalue weighted by Crippen LogP contribution is -2.03. The van der Waals surface area contributed by atoms with Gasteiger partial charge in [-0.25, -0.2) is 14.5 Å². The van der Waals surface area contributed by atoms with E-state index in [0.717, 1.165) is 5.56 Å². The minimum absolute atomic E-state index is 0.0993. The second-order valence-corrected chi connectivity index (χ2v) is 3.82. The van der Waals surface area contributed by atoms with Crippen molar-refractivity contribution in [2.24, 2.45) is 0 Å². The molecule has 2 rings (SSSR count). The van der Waals surface area contributed by atoms with E-state index in [1.165, 1.54) is 10.9 Å². The minimum Gasteiger partial charge on any atom is -0.478 e. The van der Waals surface area contributed by atoms with Gasteiger partial charge in [-0.2, -0.15) is 10.4 Å². The van der Waals surface area contributed by atoms with Crippen LogP contribution in [-0.2, 0) is 0 Å². The molecule has 1 N–H and O–H groups in total. The van der Waals surface area contributed by atoms with Gasteiger partial charge in [0.1, 0.15) is 11.6 Å². The van der Waals surface area contributed by atoms with Gasteiger partial charge in [-0.05, 0) is 25.5 Å². The van der Waals surface area contributed by atoms with E-state index in [1.54, 1.807) is 26.1 Å². The quantitative estimate of drug-likeness (QED) is 0.860. The highest BCUT2D eigenvalue weighted by molar-refractivity contribution is 5.88. The van der Waals surface area contributed by atoms with Crippen molar-refractivity contribution in [1.29, 1.82) is 5.26 Å². The molecule has 0 spiro atoms. The predicted molar refractivity (Wildman–Crippen MR) is 62.5 cm³/mol. The molecule has 0 aromatic carbocycles. The highest BCUT2D eigenvalue weighted by atomic mass is 16.4. The number of aromatic carboxylic acids is 1. The van der Waals surface area contributed by atoms with Crippen LogP contribution in [0.1, 0.15) is 27.2 Å². The summed E-state index contributed by atoms with van der Waals surface area (Å²) in [7, 11) is 0. The molecule has 0 amide bonds. The molecule has 0 saturated carbocycles. The Kier molecular flexibility index (Phi) is 2.81. The summed E-state index contributed by atoms with van der Waals surface area (Å²) in [5.41, 5.74) is 1.64. The lowest BCUT2D eigenvalue weighted by Gasteiger charge is -2.04. The van der Waals surface area contributed by atoms with E-state index in [9.17, 15) is 4.79 Å². The third-order valence-corrected chi connectivity index (χ3v) is 2.60. The van der Waals surface area contributed by atoms with E-state index in [1.807, 2.05) is 6.07 Å². The number of nitrogens with zero attached hydrogens (tertiary/aromatic N) is 4. The molecular weight excluding hydrogens is 232 g/mol. The second kappa shape index (κ2) is 4.30. The molecule has 6 nitrogen and oxygen atoms in total. The topological polar surface area (TPSA) is 91.8 Å². The van der Waals surface area contributed by atoms with Crippen LogP contribution in [0.15, 0.2) is 18.5 Å². The molecule has 0 aliphatic heterocycles. The number of aryl methyl sites for hydroxylation is 2. The van der Waals surface area contributed by atoms with Gasteiger partial charge in [-0.3, -0.25) is 0 Å². The van der Waals surface area contributed by atoms with Crippen LogP contribution in [0.2, 0.25) is 0 Å². The number of rotatable bonds is 2. The number of hydrogen-bond donors (Lipinski definition) is 1. The molecule has 2 aromatic rings. The number of carboxylic acids is 1. The zero-order chi connectivity index (χ0) is 13.3. The molecule has 0 radical (unpaired) electrons. The first kappa shape index (κ1) is 11.8. The summed E-state index contributed by atoms with van der Waals surface area (Å²) in [6.07, 6.45) is 2.92. The van der Waals surface area contributed by atoms with Gasteiger partial charge in [0, 0.05) is 12.4 Å². The highest BCUT2D eigenvalue weighted by Crippen LogP contribution is 2.16. The fraction of sp³-hybridized carbons (Fsp3) is 0.167. The first-order valence-electron chi connectivity index (χ1n) is 5.20. The maximum absolute atomic E-state index is 10.9.